The second kappa shape index (κ2) is 17.8. The van der Waals surface area contributed by atoms with Gasteiger partial charge in [0.1, 0.15) is 23.2 Å². The fourth-order valence-corrected chi connectivity index (χ4v) is 4.60. The van der Waals surface area contributed by atoms with Gasteiger partial charge in [-0.2, -0.15) is 0 Å². The Balaban J connectivity index is 0.000000454. The minimum absolute atomic E-state index is 0. The van der Waals surface area contributed by atoms with Crippen molar-refractivity contribution in [2.24, 2.45) is 0 Å². The van der Waals surface area contributed by atoms with Crippen LogP contribution in [0.3, 0.4) is 0 Å². The summed E-state index contributed by atoms with van der Waals surface area (Å²) in [7, 11) is 0. The summed E-state index contributed by atoms with van der Waals surface area (Å²) in [5.74, 6) is 1.79. The molecule has 0 bridgehead atoms. The molecule has 232 valence electrons. The normalized spacial score (nSPS) is 12.7. The first kappa shape index (κ1) is 35.1. The van der Waals surface area contributed by atoms with Gasteiger partial charge in [-0.15, -0.1) is 0 Å². The number of anilines is 1. The van der Waals surface area contributed by atoms with Crippen LogP contribution in [0, 0.1) is 0 Å². The predicted molar refractivity (Wildman–Crippen MR) is 168 cm³/mol. The maximum absolute atomic E-state index is 12.5. The quantitative estimate of drug-likeness (QED) is 0.171. The summed E-state index contributed by atoms with van der Waals surface area (Å²) in [4.78, 5) is 55.4. The van der Waals surface area contributed by atoms with E-state index in [1.807, 2.05) is 27.7 Å². The highest BCUT2D eigenvalue weighted by Crippen LogP contribution is 2.25. The summed E-state index contributed by atoms with van der Waals surface area (Å²) in [5, 5.41) is 12.6. The van der Waals surface area contributed by atoms with E-state index in [1.54, 1.807) is 12.4 Å². The van der Waals surface area contributed by atoms with Gasteiger partial charge < -0.3 is 10.4 Å². The summed E-state index contributed by atoms with van der Waals surface area (Å²) in [6, 6.07) is 4.23. The second-order valence-electron chi connectivity index (χ2n) is 11.3. The number of carboxylic acid groups (broad SMARTS) is 1. The van der Waals surface area contributed by atoms with Gasteiger partial charge in [-0.3, -0.25) is 14.4 Å². The first-order valence-corrected chi connectivity index (χ1v) is 14.7. The zero-order valence-corrected chi connectivity index (χ0v) is 25.0. The van der Waals surface area contributed by atoms with Gasteiger partial charge in [-0.25, -0.2) is 24.9 Å². The van der Waals surface area contributed by atoms with Crippen molar-refractivity contribution in [3.05, 3.63) is 71.0 Å². The van der Waals surface area contributed by atoms with Crippen molar-refractivity contribution in [3.63, 3.8) is 0 Å². The number of aromatic nitrogens is 5. The first-order valence-electron chi connectivity index (χ1n) is 14.7. The van der Waals surface area contributed by atoms with Crippen LogP contribution in [0.2, 0.25) is 0 Å². The molecule has 43 heavy (non-hydrogen) atoms. The summed E-state index contributed by atoms with van der Waals surface area (Å²) in [6.07, 6.45) is 12.4. The minimum Gasteiger partial charge on any atom is -0.481 e. The molecule has 0 aliphatic carbocycles. The number of carbonyl (C=O) groups excluding carboxylic acids is 2. The fourth-order valence-electron chi connectivity index (χ4n) is 4.60. The number of aldehydes is 1. The highest BCUT2D eigenvalue weighted by molar-refractivity contribution is 5.80. The molecule has 0 spiro atoms. The Hall–Kier alpha value is -4.08. The molecule has 0 fully saturated rings. The van der Waals surface area contributed by atoms with Crippen molar-refractivity contribution < 1.29 is 19.5 Å². The standard InChI is InChI=1S/C24H32N4O3.C8H10N2O.CH4/c1-16(2)23-26-14-19(15-27-23)18(13-22(30)31)12-21(29)8-4-3-7-20-10-9-17-6-5-11-25-24(17)28-20;1-6(2)8-9-3-7(5-11)4-10-8;/h9-10,14-16,18H,3-8,11-13H2,1-2H3,(H,25,28)(H,30,31);3-6H,1-2H3;1H4. The van der Waals surface area contributed by atoms with Crippen LogP contribution in [-0.2, 0) is 22.4 Å². The SMILES string of the molecule is C.CC(C)c1ncc(C(CC(=O)O)CC(=O)CCCCc2ccc3c(n2)NCCC3)cn1.CC(C)c1ncc(C=O)cn1. The monoisotopic (exact) mass is 590 g/mol. The van der Waals surface area contributed by atoms with Crippen LogP contribution in [-0.4, -0.2) is 54.6 Å². The van der Waals surface area contributed by atoms with Crippen LogP contribution in [0.15, 0.2) is 36.9 Å². The number of aryl methyl sites for hydroxylation is 2. The van der Waals surface area contributed by atoms with Crippen LogP contribution in [0.4, 0.5) is 5.82 Å². The van der Waals surface area contributed by atoms with E-state index in [0.717, 1.165) is 68.1 Å². The van der Waals surface area contributed by atoms with E-state index in [1.165, 1.54) is 18.0 Å². The lowest BCUT2D eigenvalue weighted by Crippen LogP contribution is -2.14. The molecule has 3 aromatic rings. The Bertz CT molecular complexity index is 1310. The number of Topliss-reactive ketones (excluding diaryl/α,β-unsaturated/α-hetero) is 1. The van der Waals surface area contributed by atoms with Gasteiger partial charge in [0.15, 0.2) is 6.29 Å². The Kier molecular flexibility index (Phi) is 14.5. The van der Waals surface area contributed by atoms with Crippen molar-refractivity contribution in [2.75, 3.05) is 11.9 Å². The highest BCUT2D eigenvalue weighted by Gasteiger charge is 2.20. The third-order valence-corrected chi connectivity index (χ3v) is 7.01. The molecular weight excluding hydrogens is 544 g/mol. The van der Waals surface area contributed by atoms with Gasteiger partial charge in [0, 0.05) is 67.6 Å². The molecule has 4 heterocycles. The number of ketones is 1. The number of nitrogens with zero attached hydrogens (tertiary/aromatic N) is 5. The molecule has 10 heteroatoms. The van der Waals surface area contributed by atoms with E-state index in [4.69, 9.17) is 4.98 Å². The number of aliphatic carboxylic acids is 1. The summed E-state index contributed by atoms with van der Waals surface area (Å²) in [5.41, 5.74) is 3.56. The largest absolute Gasteiger partial charge is 0.481 e. The molecule has 0 saturated carbocycles. The van der Waals surface area contributed by atoms with Crippen LogP contribution in [0.25, 0.3) is 0 Å². The predicted octanol–water partition coefficient (Wildman–Crippen LogP) is 6.33. The number of carbonyl (C=O) groups is 3. The van der Waals surface area contributed by atoms with Crippen molar-refractivity contribution in [2.45, 2.75) is 104 Å². The average molecular weight is 591 g/mol. The number of carboxylic acids is 1. The van der Waals surface area contributed by atoms with Gasteiger partial charge in [-0.1, -0.05) is 41.2 Å². The molecule has 10 nitrogen and oxygen atoms in total. The smallest absolute Gasteiger partial charge is 0.303 e. The third-order valence-electron chi connectivity index (χ3n) is 7.01. The highest BCUT2D eigenvalue weighted by atomic mass is 16.4. The van der Waals surface area contributed by atoms with Gasteiger partial charge in [0.25, 0.3) is 0 Å². The molecule has 0 aromatic carbocycles. The number of hydrogen-bond donors (Lipinski definition) is 2. The number of unbranched alkanes of at least 4 members (excludes halogenated alkanes) is 1. The number of hydrogen-bond acceptors (Lipinski definition) is 9. The lowest BCUT2D eigenvalue weighted by Gasteiger charge is -2.17. The van der Waals surface area contributed by atoms with Crippen LogP contribution < -0.4 is 5.32 Å². The molecule has 3 aromatic heterocycles. The first-order chi connectivity index (χ1) is 20.2. The lowest BCUT2D eigenvalue weighted by atomic mass is 9.91. The average Bonchev–Trinajstić information content (AvgIpc) is 2.99. The molecule has 1 aliphatic heterocycles. The third kappa shape index (κ3) is 11.6. The van der Waals surface area contributed by atoms with E-state index in [9.17, 15) is 19.5 Å². The van der Waals surface area contributed by atoms with Crippen LogP contribution in [0.1, 0.15) is 130 Å². The van der Waals surface area contributed by atoms with Crippen molar-refractivity contribution in [1.82, 2.24) is 24.9 Å². The van der Waals surface area contributed by atoms with Gasteiger partial charge in [0.2, 0.25) is 0 Å². The fraction of sp³-hybridized carbons (Fsp3) is 0.515. The number of fused-ring (bicyclic) bond motifs is 1. The second-order valence-corrected chi connectivity index (χ2v) is 11.3. The molecule has 2 N–H and O–H groups in total. The molecular formula is C33H46N6O4. The molecule has 4 rings (SSSR count). The van der Waals surface area contributed by atoms with E-state index in [2.05, 4.69) is 37.4 Å². The van der Waals surface area contributed by atoms with Gasteiger partial charge >= 0.3 is 5.97 Å². The van der Waals surface area contributed by atoms with Crippen molar-refractivity contribution in [1.29, 1.82) is 0 Å². The van der Waals surface area contributed by atoms with Crippen LogP contribution in [0.5, 0.6) is 0 Å². The van der Waals surface area contributed by atoms with Crippen LogP contribution >= 0.6 is 0 Å². The van der Waals surface area contributed by atoms with Crippen molar-refractivity contribution in [3.8, 4) is 0 Å². The van der Waals surface area contributed by atoms with Gasteiger partial charge in [-0.05, 0) is 49.3 Å². The molecule has 1 atom stereocenters. The van der Waals surface area contributed by atoms with E-state index in [0.29, 0.717) is 23.5 Å². The Labute approximate surface area is 255 Å². The van der Waals surface area contributed by atoms with Gasteiger partial charge in [0.05, 0.1) is 12.0 Å². The number of rotatable bonds is 13. The van der Waals surface area contributed by atoms with E-state index in [-0.39, 0.29) is 37.9 Å². The summed E-state index contributed by atoms with van der Waals surface area (Å²) >= 11 is 0. The summed E-state index contributed by atoms with van der Waals surface area (Å²) < 4.78 is 0. The molecule has 0 amide bonds. The maximum atomic E-state index is 12.5. The molecule has 0 radical (unpaired) electrons. The Morgan fingerprint density at radius 1 is 0.930 bits per heavy atom. The van der Waals surface area contributed by atoms with Crippen molar-refractivity contribution >= 4 is 23.9 Å². The zero-order chi connectivity index (χ0) is 30.5. The maximum Gasteiger partial charge on any atom is 0.303 e. The Morgan fingerprint density at radius 2 is 1.56 bits per heavy atom. The van der Waals surface area contributed by atoms with E-state index >= 15 is 0 Å². The topological polar surface area (TPSA) is 148 Å². The summed E-state index contributed by atoms with van der Waals surface area (Å²) in [6.45, 7) is 9.00. The minimum atomic E-state index is -0.919. The molecule has 1 unspecified atom stereocenters. The zero-order valence-electron chi connectivity index (χ0n) is 25.0. The Morgan fingerprint density at radius 3 is 2.14 bits per heavy atom. The lowest BCUT2D eigenvalue weighted by molar-refractivity contribution is -0.137. The molecule has 0 saturated heterocycles. The van der Waals surface area contributed by atoms with E-state index < -0.39 is 5.97 Å². The number of nitrogens with one attached hydrogen (secondary N) is 1. The molecule has 1 aliphatic rings. The number of pyridine rings is 1.